The number of rotatable bonds is 1. The van der Waals surface area contributed by atoms with Gasteiger partial charge in [0.25, 0.3) is 0 Å². The van der Waals surface area contributed by atoms with Crippen molar-refractivity contribution in [3.8, 4) is 0 Å². The summed E-state index contributed by atoms with van der Waals surface area (Å²) in [5, 5.41) is 10.4. The maximum Gasteiger partial charge on any atom is 0.410 e. The normalized spacial score (nSPS) is 31.7. The summed E-state index contributed by atoms with van der Waals surface area (Å²) in [5.41, 5.74) is -0.519. The molecular formula is C16H28N2O5. The second-order valence-electron chi connectivity index (χ2n) is 7.66. The lowest BCUT2D eigenvalue weighted by Crippen LogP contribution is -2.52. The summed E-state index contributed by atoms with van der Waals surface area (Å²) in [6.45, 7) is 9.32. The predicted molar refractivity (Wildman–Crippen MR) is 83.0 cm³/mol. The van der Waals surface area contributed by atoms with E-state index in [2.05, 4.69) is 4.90 Å². The van der Waals surface area contributed by atoms with E-state index in [1.165, 1.54) is 0 Å². The molecule has 3 aliphatic rings. The summed E-state index contributed by atoms with van der Waals surface area (Å²) in [6, 6.07) is -0.0405. The molecule has 0 aromatic heterocycles. The fraction of sp³-hybridized carbons (Fsp3) is 0.938. The molecule has 0 radical (unpaired) electrons. The molecule has 0 bridgehead atoms. The molecule has 0 unspecified atom stereocenters. The lowest BCUT2D eigenvalue weighted by Gasteiger charge is -2.40. The number of carbonyl (C=O) groups is 1. The minimum Gasteiger partial charge on any atom is -0.444 e. The summed E-state index contributed by atoms with van der Waals surface area (Å²) >= 11 is 0. The molecule has 3 fully saturated rings. The molecule has 3 aliphatic heterocycles. The number of hydrogen-bond donors (Lipinski definition) is 1. The Morgan fingerprint density at radius 2 is 1.78 bits per heavy atom. The molecule has 0 saturated carbocycles. The standard InChI is InChI=1S/C16H28N2O5/c1-15(2,3)23-14(20)18-10-12(13(19)11-18)17-6-4-16(5-7-17)21-8-9-22-16/h12-13,19H,4-11H2,1-3H3/t12-,13-/m1/s1. The molecule has 7 heteroatoms. The monoisotopic (exact) mass is 328 g/mol. The van der Waals surface area contributed by atoms with E-state index in [1.54, 1.807) is 4.90 Å². The van der Waals surface area contributed by atoms with Crippen molar-refractivity contribution in [1.82, 2.24) is 9.80 Å². The Morgan fingerprint density at radius 1 is 1.17 bits per heavy atom. The van der Waals surface area contributed by atoms with Crippen LogP contribution in [0.5, 0.6) is 0 Å². The van der Waals surface area contributed by atoms with E-state index in [-0.39, 0.29) is 12.1 Å². The molecule has 0 aliphatic carbocycles. The highest BCUT2D eigenvalue weighted by Crippen LogP contribution is 2.33. The van der Waals surface area contributed by atoms with E-state index in [1.807, 2.05) is 20.8 Å². The van der Waals surface area contributed by atoms with Crippen molar-refractivity contribution in [2.75, 3.05) is 39.4 Å². The van der Waals surface area contributed by atoms with Gasteiger partial charge in [-0.1, -0.05) is 0 Å². The van der Waals surface area contributed by atoms with Gasteiger partial charge in [-0.05, 0) is 20.8 Å². The summed E-state index contributed by atoms with van der Waals surface area (Å²) < 4.78 is 16.9. The zero-order valence-corrected chi connectivity index (χ0v) is 14.3. The van der Waals surface area contributed by atoms with Crippen molar-refractivity contribution in [2.24, 2.45) is 0 Å². The highest BCUT2D eigenvalue weighted by molar-refractivity contribution is 5.68. The molecule has 1 amide bonds. The van der Waals surface area contributed by atoms with Gasteiger partial charge in [0.1, 0.15) is 5.60 Å². The molecule has 132 valence electrons. The number of hydrogen-bond acceptors (Lipinski definition) is 6. The van der Waals surface area contributed by atoms with Crippen LogP contribution in [0.25, 0.3) is 0 Å². The molecule has 7 nitrogen and oxygen atoms in total. The number of carbonyl (C=O) groups excluding carboxylic acids is 1. The minimum absolute atomic E-state index is 0.0405. The number of amides is 1. The largest absolute Gasteiger partial charge is 0.444 e. The van der Waals surface area contributed by atoms with E-state index in [4.69, 9.17) is 14.2 Å². The third-order valence-corrected chi connectivity index (χ3v) is 4.75. The summed E-state index contributed by atoms with van der Waals surface area (Å²) in [5.74, 6) is -0.412. The fourth-order valence-electron chi connectivity index (χ4n) is 3.59. The Labute approximate surface area is 137 Å². The van der Waals surface area contributed by atoms with E-state index >= 15 is 0 Å². The first-order valence-corrected chi connectivity index (χ1v) is 8.46. The van der Waals surface area contributed by atoms with Crippen LogP contribution in [0.15, 0.2) is 0 Å². The smallest absolute Gasteiger partial charge is 0.410 e. The van der Waals surface area contributed by atoms with Crippen molar-refractivity contribution in [2.45, 2.75) is 57.1 Å². The summed E-state index contributed by atoms with van der Waals surface area (Å²) in [7, 11) is 0. The van der Waals surface area contributed by atoms with E-state index in [0.717, 1.165) is 25.9 Å². The molecule has 0 aromatic carbocycles. The Balaban J connectivity index is 1.54. The van der Waals surface area contributed by atoms with E-state index in [9.17, 15) is 9.90 Å². The molecule has 3 rings (SSSR count). The summed E-state index contributed by atoms with van der Waals surface area (Å²) in [4.78, 5) is 16.0. The number of piperidine rings is 1. The highest BCUT2D eigenvalue weighted by Gasteiger charge is 2.45. The fourth-order valence-corrected chi connectivity index (χ4v) is 3.59. The van der Waals surface area contributed by atoms with E-state index in [0.29, 0.717) is 26.3 Å². The predicted octanol–water partition coefficient (Wildman–Crippen LogP) is 0.806. The van der Waals surface area contributed by atoms with Gasteiger partial charge in [0.2, 0.25) is 0 Å². The van der Waals surface area contributed by atoms with Crippen LogP contribution in [-0.4, -0.2) is 83.9 Å². The average Bonchev–Trinajstić information content (AvgIpc) is 3.06. The first kappa shape index (κ1) is 17.0. The Bertz CT molecular complexity index is 434. The topological polar surface area (TPSA) is 71.5 Å². The van der Waals surface area contributed by atoms with Crippen molar-refractivity contribution in [1.29, 1.82) is 0 Å². The van der Waals surface area contributed by atoms with Crippen LogP contribution in [0.1, 0.15) is 33.6 Å². The van der Waals surface area contributed by atoms with Crippen LogP contribution < -0.4 is 0 Å². The molecule has 0 aromatic rings. The van der Waals surface area contributed by atoms with Gasteiger partial charge in [0.15, 0.2) is 5.79 Å². The maximum atomic E-state index is 12.2. The number of ether oxygens (including phenoxy) is 3. The first-order chi connectivity index (χ1) is 10.8. The van der Waals surface area contributed by atoms with Crippen LogP contribution >= 0.6 is 0 Å². The second kappa shape index (κ2) is 6.20. The van der Waals surface area contributed by atoms with Gasteiger partial charge in [-0.15, -0.1) is 0 Å². The van der Waals surface area contributed by atoms with Crippen molar-refractivity contribution in [3.05, 3.63) is 0 Å². The van der Waals surface area contributed by atoms with Gasteiger partial charge in [-0.25, -0.2) is 4.79 Å². The van der Waals surface area contributed by atoms with Crippen molar-refractivity contribution in [3.63, 3.8) is 0 Å². The molecule has 3 heterocycles. The number of aliphatic hydroxyl groups is 1. The zero-order valence-electron chi connectivity index (χ0n) is 14.3. The Hall–Kier alpha value is -0.890. The highest BCUT2D eigenvalue weighted by atomic mass is 16.7. The lowest BCUT2D eigenvalue weighted by molar-refractivity contribution is -0.189. The Morgan fingerprint density at radius 3 is 2.35 bits per heavy atom. The molecule has 23 heavy (non-hydrogen) atoms. The van der Waals surface area contributed by atoms with Crippen LogP contribution in [0.4, 0.5) is 4.79 Å². The molecule has 1 spiro atoms. The van der Waals surface area contributed by atoms with Gasteiger partial charge in [-0.3, -0.25) is 4.90 Å². The van der Waals surface area contributed by atoms with Gasteiger partial charge >= 0.3 is 6.09 Å². The molecule has 2 atom stereocenters. The molecule has 1 N–H and O–H groups in total. The zero-order chi connectivity index (χ0) is 16.7. The van der Waals surface area contributed by atoms with Crippen LogP contribution in [0, 0.1) is 0 Å². The van der Waals surface area contributed by atoms with Crippen molar-refractivity contribution >= 4 is 6.09 Å². The Kier molecular flexibility index (Phi) is 4.57. The quantitative estimate of drug-likeness (QED) is 0.768. The first-order valence-electron chi connectivity index (χ1n) is 8.46. The van der Waals surface area contributed by atoms with E-state index < -0.39 is 17.5 Å². The van der Waals surface area contributed by atoms with Crippen molar-refractivity contribution < 1.29 is 24.1 Å². The van der Waals surface area contributed by atoms with Gasteiger partial charge in [0, 0.05) is 32.5 Å². The number of likely N-dealkylation sites (tertiary alicyclic amines) is 2. The summed E-state index contributed by atoms with van der Waals surface area (Å²) in [6.07, 6.45) is 0.725. The van der Waals surface area contributed by atoms with Gasteiger partial charge in [0.05, 0.1) is 31.9 Å². The van der Waals surface area contributed by atoms with Crippen LogP contribution in [0.3, 0.4) is 0 Å². The molecule has 3 saturated heterocycles. The number of aliphatic hydroxyl groups excluding tert-OH is 1. The molecular weight excluding hydrogens is 300 g/mol. The minimum atomic E-state index is -0.540. The third-order valence-electron chi connectivity index (χ3n) is 4.75. The van der Waals surface area contributed by atoms with Gasteiger partial charge < -0.3 is 24.2 Å². The second-order valence-corrected chi connectivity index (χ2v) is 7.66. The maximum absolute atomic E-state index is 12.2. The average molecular weight is 328 g/mol. The number of nitrogens with zero attached hydrogens (tertiary/aromatic N) is 2. The number of β-amino-alcohol motifs (C(OH)–C–C–N with tert-alkyl or cyclic N) is 1. The third kappa shape index (κ3) is 3.79. The van der Waals surface area contributed by atoms with Crippen LogP contribution in [0.2, 0.25) is 0 Å². The lowest BCUT2D eigenvalue weighted by atomic mass is 10.0. The SMILES string of the molecule is CC(C)(C)OC(=O)N1C[C@@H](O)[C@H](N2CCC3(CC2)OCCO3)C1. The van der Waals surface area contributed by atoms with Crippen LogP contribution in [-0.2, 0) is 14.2 Å². The van der Waals surface area contributed by atoms with Gasteiger partial charge in [-0.2, -0.15) is 0 Å².